The second-order valence-electron chi connectivity index (χ2n) is 8.25. The summed E-state index contributed by atoms with van der Waals surface area (Å²) in [5, 5.41) is 5.81. The first kappa shape index (κ1) is 20.8. The molecule has 1 fully saturated rings. The number of anilines is 1. The molecule has 0 bridgehead atoms. The minimum absolute atomic E-state index is 0.0409. The Morgan fingerprint density at radius 2 is 2.17 bits per heavy atom. The highest BCUT2D eigenvalue weighted by Crippen LogP contribution is 2.27. The van der Waals surface area contributed by atoms with Crippen LogP contribution in [0.3, 0.4) is 0 Å². The van der Waals surface area contributed by atoms with Gasteiger partial charge >= 0.3 is 0 Å². The first-order valence-electron chi connectivity index (χ1n) is 11.0. The third kappa shape index (κ3) is 4.67. The van der Waals surface area contributed by atoms with E-state index in [2.05, 4.69) is 23.3 Å². The van der Waals surface area contributed by atoms with Gasteiger partial charge in [-0.05, 0) is 61.8 Å². The Kier molecular flexibility index (Phi) is 6.67. The van der Waals surface area contributed by atoms with E-state index < -0.39 is 0 Å². The molecule has 0 saturated carbocycles. The fourth-order valence-corrected chi connectivity index (χ4v) is 4.93. The Hall–Kier alpha value is -2.41. The van der Waals surface area contributed by atoms with E-state index in [9.17, 15) is 9.59 Å². The maximum atomic E-state index is 12.8. The van der Waals surface area contributed by atoms with Crippen LogP contribution in [-0.4, -0.2) is 59.3 Å². The standard InChI is InChI=1S/C23H30N4O2S/c1-2-11-26(23(29)21-25-10-13-30-21)12-4-5-17-15-27(16-17)22(28)19-7-8-20-18(14-19)6-3-9-24-20/h7-8,10,13-14,17,24H,2-6,9,11-12,15-16H2,1H3. The van der Waals surface area contributed by atoms with Crippen molar-refractivity contribution >= 4 is 28.8 Å². The van der Waals surface area contributed by atoms with Gasteiger partial charge in [-0.1, -0.05) is 6.92 Å². The van der Waals surface area contributed by atoms with E-state index in [-0.39, 0.29) is 11.8 Å². The van der Waals surface area contributed by atoms with Crippen molar-refractivity contribution in [1.82, 2.24) is 14.8 Å². The molecular formula is C23H30N4O2S. The van der Waals surface area contributed by atoms with Crippen LogP contribution in [0.4, 0.5) is 5.69 Å². The lowest BCUT2D eigenvalue weighted by Crippen LogP contribution is -2.50. The molecule has 1 aromatic heterocycles. The van der Waals surface area contributed by atoms with E-state index in [0.29, 0.717) is 10.9 Å². The molecular weight excluding hydrogens is 396 g/mol. The van der Waals surface area contributed by atoms with Crippen molar-refractivity contribution in [3.63, 3.8) is 0 Å². The first-order chi connectivity index (χ1) is 14.7. The third-order valence-corrected chi connectivity index (χ3v) is 6.73. The highest BCUT2D eigenvalue weighted by Gasteiger charge is 2.31. The summed E-state index contributed by atoms with van der Waals surface area (Å²) in [5.74, 6) is 0.719. The molecule has 7 heteroatoms. The largest absolute Gasteiger partial charge is 0.385 e. The van der Waals surface area contributed by atoms with Crippen molar-refractivity contribution in [3.05, 3.63) is 45.9 Å². The van der Waals surface area contributed by atoms with Crippen molar-refractivity contribution in [2.24, 2.45) is 5.92 Å². The highest BCUT2D eigenvalue weighted by molar-refractivity contribution is 7.11. The molecule has 0 radical (unpaired) electrons. The summed E-state index contributed by atoms with van der Waals surface area (Å²) in [4.78, 5) is 33.4. The van der Waals surface area contributed by atoms with Gasteiger partial charge in [0.05, 0.1) is 0 Å². The van der Waals surface area contributed by atoms with Crippen LogP contribution in [0.5, 0.6) is 0 Å². The van der Waals surface area contributed by atoms with E-state index in [1.165, 1.54) is 22.6 Å². The summed E-state index contributed by atoms with van der Waals surface area (Å²) in [6, 6.07) is 6.05. The summed E-state index contributed by atoms with van der Waals surface area (Å²) in [6.07, 6.45) is 6.80. The van der Waals surface area contributed by atoms with Gasteiger partial charge < -0.3 is 15.1 Å². The van der Waals surface area contributed by atoms with Crippen molar-refractivity contribution in [2.75, 3.05) is 38.0 Å². The number of nitrogens with one attached hydrogen (secondary N) is 1. The summed E-state index contributed by atoms with van der Waals surface area (Å²) in [6.45, 7) is 6.27. The third-order valence-electron chi connectivity index (χ3n) is 5.97. The molecule has 2 aliphatic rings. The zero-order valence-electron chi connectivity index (χ0n) is 17.6. The monoisotopic (exact) mass is 426 g/mol. The molecule has 2 amide bonds. The molecule has 3 heterocycles. The number of benzene rings is 1. The molecule has 2 aliphatic heterocycles. The molecule has 6 nitrogen and oxygen atoms in total. The molecule has 0 aliphatic carbocycles. The highest BCUT2D eigenvalue weighted by atomic mass is 32.1. The van der Waals surface area contributed by atoms with Gasteiger partial charge in [0.2, 0.25) is 0 Å². The summed E-state index contributed by atoms with van der Waals surface area (Å²) in [5.41, 5.74) is 3.23. The van der Waals surface area contributed by atoms with Crippen LogP contribution in [0.1, 0.15) is 58.3 Å². The minimum atomic E-state index is 0.0409. The van der Waals surface area contributed by atoms with Crippen LogP contribution >= 0.6 is 11.3 Å². The van der Waals surface area contributed by atoms with E-state index in [0.717, 1.165) is 70.4 Å². The number of hydrogen-bond acceptors (Lipinski definition) is 5. The van der Waals surface area contributed by atoms with Crippen molar-refractivity contribution < 1.29 is 9.59 Å². The number of aromatic nitrogens is 1. The number of thiazole rings is 1. The lowest BCUT2D eigenvalue weighted by molar-refractivity contribution is 0.0474. The Labute approximate surface area is 182 Å². The Morgan fingerprint density at radius 3 is 2.93 bits per heavy atom. The number of fused-ring (bicyclic) bond motifs is 1. The lowest BCUT2D eigenvalue weighted by atomic mass is 9.93. The fraction of sp³-hybridized carbons (Fsp3) is 0.522. The van der Waals surface area contributed by atoms with Gasteiger partial charge in [0.15, 0.2) is 5.01 Å². The Morgan fingerprint density at radius 1 is 1.30 bits per heavy atom. The number of rotatable bonds is 8. The van der Waals surface area contributed by atoms with Gasteiger partial charge in [0.1, 0.15) is 0 Å². The maximum Gasteiger partial charge on any atom is 0.282 e. The summed E-state index contributed by atoms with van der Waals surface area (Å²) < 4.78 is 0. The van der Waals surface area contributed by atoms with E-state index in [1.54, 1.807) is 6.20 Å². The molecule has 1 saturated heterocycles. The lowest BCUT2D eigenvalue weighted by Gasteiger charge is -2.40. The molecule has 1 aromatic carbocycles. The molecule has 30 heavy (non-hydrogen) atoms. The van der Waals surface area contributed by atoms with Crippen molar-refractivity contribution in [1.29, 1.82) is 0 Å². The molecule has 0 atom stereocenters. The van der Waals surface area contributed by atoms with Crippen LogP contribution in [0, 0.1) is 5.92 Å². The molecule has 0 unspecified atom stereocenters. The Bertz CT molecular complexity index is 877. The van der Waals surface area contributed by atoms with E-state index >= 15 is 0 Å². The van der Waals surface area contributed by atoms with Crippen LogP contribution < -0.4 is 5.32 Å². The van der Waals surface area contributed by atoms with Gasteiger partial charge in [-0.15, -0.1) is 11.3 Å². The minimum Gasteiger partial charge on any atom is -0.385 e. The second kappa shape index (κ2) is 9.60. The normalized spacial score (nSPS) is 15.8. The molecule has 4 rings (SSSR count). The van der Waals surface area contributed by atoms with E-state index in [4.69, 9.17) is 0 Å². The topological polar surface area (TPSA) is 65.5 Å². The van der Waals surface area contributed by atoms with Gasteiger partial charge in [0, 0.05) is 55.6 Å². The molecule has 160 valence electrons. The predicted octanol–water partition coefficient (Wildman–Crippen LogP) is 3.91. The maximum absolute atomic E-state index is 12.8. The predicted molar refractivity (Wildman–Crippen MR) is 120 cm³/mol. The first-order valence-corrected chi connectivity index (χ1v) is 11.9. The quantitative estimate of drug-likeness (QED) is 0.695. The summed E-state index contributed by atoms with van der Waals surface area (Å²) >= 11 is 1.40. The van der Waals surface area contributed by atoms with Crippen LogP contribution in [0.15, 0.2) is 29.8 Å². The average Bonchev–Trinajstić information content (AvgIpc) is 3.28. The Balaban J connectivity index is 1.23. The smallest absolute Gasteiger partial charge is 0.282 e. The average molecular weight is 427 g/mol. The van der Waals surface area contributed by atoms with Gasteiger partial charge in [-0.2, -0.15) is 0 Å². The van der Waals surface area contributed by atoms with E-state index in [1.807, 2.05) is 27.3 Å². The van der Waals surface area contributed by atoms with Gasteiger partial charge in [0.25, 0.3) is 11.8 Å². The SMILES string of the molecule is CCCN(CCCC1CN(C(=O)c2ccc3c(c2)CCCN3)C1)C(=O)c1nccs1. The molecule has 2 aromatic rings. The van der Waals surface area contributed by atoms with Crippen molar-refractivity contribution in [3.8, 4) is 0 Å². The zero-order chi connectivity index (χ0) is 20.9. The van der Waals surface area contributed by atoms with Gasteiger partial charge in [-0.25, -0.2) is 4.98 Å². The number of carbonyl (C=O) groups is 2. The number of aryl methyl sites for hydroxylation is 1. The summed E-state index contributed by atoms with van der Waals surface area (Å²) in [7, 11) is 0. The van der Waals surface area contributed by atoms with Crippen LogP contribution in [0.25, 0.3) is 0 Å². The number of nitrogens with zero attached hydrogens (tertiary/aromatic N) is 3. The fourth-order valence-electron chi connectivity index (χ4n) is 4.33. The van der Waals surface area contributed by atoms with Crippen LogP contribution in [-0.2, 0) is 6.42 Å². The second-order valence-corrected chi connectivity index (χ2v) is 9.14. The number of carbonyl (C=O) groups excluding carboxylic acids is 2. The zero-order valence-corrected chi connectivity index (χ0v) is 18.4. The number of hydrogen-bond donors (Lipinski definition) is 1. The van der Waals surface area contributed by atoms with Crippen molar-refractivity contribution in [2.45, 2.75) is 39.0 Å². The molecule has 0 spiro atoms. The number of likely N-dealkylation sites (tertiary alicyclic amines) is 1. The number of amides is 2. The van der Waals surface area contributed by atoms with Crippen LogP contribution in [0.2, 0.25) is 0 Å². The molecule has 1 N–H and O–H groups in total. The van der Waals surface area contributed by atoms with Gasteiger partial charge in [-0.3, -0.25) is 9.59 Å².